The van der Waals surface area contributed by atoms with Crippen molar-refractivity contribution in [1.82, 2.24) is 9.13 Å². The Bertz CT molecular complexity index is 1270. The summed E-state index contributed by atoms with van der Waals surface area (Å²) in [4.78, 5) is 45.5. The van der Waals surface area contributed by atoms with Gasteiger partial charge in [0.25, 0.3) is 0 Å². The lowest BCUT2D eigenvalue weighted by Crippen LogP contribution is -2.42. The topological polar surface area (TPSA) is 202 Å². The maximum Gasteiger partial charge on any atom is 0.340 e. The van der Waals surface area contributed by atoms with E-state index in [-0.39, 0.29) is 12.1 Å². The molecule has 36 heavy (non-hydrogen) atoms. The van der Waals surface area contributed by atoms with Crippen molar-refractivity contribution in [2.45, 2.75) is 44.5 Å². The summed E-state index contributed by atoms with van der Waals surface area (Å²) < 4.78 is 35.0. The van der Waals surface area contributed by atoms with Gasteiger partial charge in [-0.15, -0.1) is 0 Å². The number of aromatic nitrogens is 2. The molecule has 1 fully saturated rings. The summed E-state index contributed by atoms with van der Waals surface area (Å²) in [7, 11) is -8.12. The average Bonchev–Trinajstić information content (AvgIpc) is 3.08. The molecule has 1 unspecified atom stereocenters. The molecule has 0 amide bonds. The Morgan fingerprint density at radius 1 is 1.06 bits per heavy atom. The summed E-state index contributed by atoms with van der Waals surface area (Å²) in [5.74, 6) is -1.42. The molecule has 1 aliphatic rings. The number of hydrogen-bond acceptors (Lipinski definition) is 9. The van der Waals surface area contributed by atoms with Gasteiger partial charge in [0.05, 0.1) is 6.61 Å². The van der Waals surface area contributed by atoms with Crippen LogP contribution in [0, 0.1) is 0 Å². The van der Waals surface area contributed by atoms with Crippen molar-refractivity contribution in [3.05, 3.63) is 63.6 Å². The number of aliphatic hydroxyl groups is 2. The van der Waals surface area contributed by atoms with Gasteiger partial charge in [-0.2, -0.15) is 0 Å². The summed E-state index contributed by atoms with van der Waals surface area (Å²) in [6, 6.07) is 9.22. The molecule has 5 N–H and O–H groups in total. The van der Waals surface area contributed by atoms with Gasteiger partial charge in [-0.1, -0.05) is 36.3 Å². The summed E-state index contributed by atoms with van der Waals surface area (Å²) in [6.45, 7) is 1.47. The van der Waals surface area contributed by atoms with Gasteiger partial charge in [0.15, 0.2) is 17.6 Å². The van der Waals surface area contributed by atoms with Crippen molar-refractivity contribution >= 4 is 15.2 Å². The molecule has 1 aromatic heterocycles. The predicted molar refractivity (Wildman–Crippen MR) is 124 cm³/mol. The number of hydrogen-bond donors (Lipinski definition) is 5. The third-order valence-corrected chi connectivity index (χ3v) is 8.93. The number of rotatable bonds is 10. The minimum absolute atomic E-state index is 0.174. The quantitative estimate of drug-likeness (QED) is 0.193. The molecule has 16 heteroatoms. The SMILES string of the molecule is CCc1ccc(CON=c2ccn([C@@H]3O[C@H](COP(=O)(O)CP(=O)(O)O)[C@@H](O)[C@H]3O)c(=O)n2C)cc1. The first-order valence-electron chi connectivity index (χ1n) is 10.9. The minimum Gasteiger partial charge on any atom is -0.389 e. The van der Waals surface area contributed by atoms with Crippen LogP contribution in [0.15, 0.2) is 46.5 Å². The van der Waals surface area contributed by atoms with Crippen LogP contribution in [0.3, 0.4) is 0 Å². The van der Waals surface area contributed by atoms with Crippen LogP contribution in [0.2, 0.25) is 0 Å². The van der Waals surface area contributed by atoms with Crippen molar-refractivity contribution in [3.8, 4) is 0 Å². The molecular weight excluding hydrogens is 520 g/mol. The highest BCUT2D eigenvalue weighted by Gasteiger charge is 2.45. The second-order valence-electron chi connectivity index (χ2n) is 8.24. The van der Waals surface area contributed by atoms with Crippen LogP contribution >= 0.6 is 15.2 Å². The zero-order valence-electron chi connectivity index (χ0n) is 19.5. The predicted octanol–water partition coefficient (Wildman–Crippen LogP) is -0.262. The van der Waals surface area contributed by atoms with Crippen molar-refractivity contribution in [2.24, 2.45) is 12.2 Å². The molecule has 0 aliphatic carbocycles. The van der Waals surface area contributed by atoms with E-state index in [1.54, 1.807) is 0 Å². The van der Waals surface area contributed by atoms with Crippen LogP contribution in [0.1, 0.15) is 24.3 Å². The molecule has 1 saturated heterocycles. The Balaban J connectivity index is 1.69. The Morgan fingerprint density at radius 2 is 1.69 bits per heavy atom. The van der Waals surface area contributed by atoms with Crippen LogP contribution in [0.25, 0.3) is 0 Å². The lowest BCUT2D eigenvalue weighted by molar-refractivity contribution is -0.0530. The first-order chi connectivity index (χ1) is 16.8. The van der Waals surface area contributed by atoms with E-state index < -0.39 is 57.9 Å². The zero-order valence-corrected chi connectivity index (χ0v) is 21.3. The van der Waals surface area contributed by atoms with Crippen LogP contribution in [0.5, 0.6) is 0 Å². The van der Waals surface area contributed by atoms with Crippen molar-refractivity contribution in [1.29, 1.82) is 0 Å². The smallest absolute Gasteiger partial charge is 0.340 e. The third kappa shape index (κ3) is 7.22. The first-order valence-corrected chi connectivity index (χ1v) is 14.4. The van der Waals surface area contributed by atoms with E-state index in [4.69, 9.17) is 19.4 Å². The van der Waals surface area contributed by atoms with Crippen LogP contribution < -0.4 is 11.2 Å². The van der Waals surface area contributed by atoms with Crippen molar-refractivity contribution in [3.63, 3.8) is 0 Å². The largest absolute Gasteiger partial charge is 0.389 e. The lowest BCUT2D eigenvalue weighted by Gasteiger charge is -2.19. The second kappa shape index (κ2) is 11.5. The van der Waals surface area contributed by atoms with E-state index in [1.807, 2.05) is 24.3 Å². The molecule has 0 saturated carbocycles. The molecule has 200 valence electrons. The Labute approximate surface area is 205 Å². The number of benzene rings is 1. The Hall–Kier alpha value is -2.12. The second-order valence-corrected chi connectivity index (χ2v) is 12.2. The molecule has 0 spiro atoms. The van der Waals surface area contributed by atoms with Gasteiger partial charge in [0.2, 0.25) is 0 Å². The molecule has 1 aliphatic heterocycles. The van der Waals surface area contributed by atoms with E-state index in [9.17, 15) is 29.0 Å². The Morgan fingerprint density at radius 3 is 2.31 bits per heavy atom. The Kier molecular flexibility index (Phi) is 9.10. The zero-order chi connectivity index (χ0) is 26.7. The molecule has 2 heterocycles. The minimum atomic E-state index is -4.84. The van der Waals surface area contributed by atoms with Crippen LogP contribution in [-0.2, 0) is 43.3 Å². The highest BCUT2D eigenvalue weighted by molar-refractivity contribution is 7.70. The fourth-order valence-corrected chi connectivity index (χ4v) is 6.05. The van der Waals surface area contributed by atoms with Crippen molar-refractivity contribution < 1.29 is 48.1 Å². The fourth-order valence-electron chi connectivity index (χ4n) is 3.48. The number of ether oxygens (including phenoxy) is 1. The van der Waals surface area contributed by atoms with E-state index in [1.165, 1.54) is 24.9 Å². The van der Waals surface area contributed by atoms with Crippen molar-refractivity contribution in [2.75, 3.05) is 12.5 Å². The van der Waals surface area contributed by atoms with E-state index in [2.05, 4.69) is 16.6 Å². The van der Waals surface area contributed by atoms with Crippen LogP contribution in [-0.4, -0.2) is 64.8 Å². The standard InChI is InChI=1S/C20H29N3O11P2/c1-3-13-4-6-14(7-5-13)10-32-21-16-8-9-23(20(26)22(16)2)19-18(25)17(24)15(34-19)11-33-36(30,31)12-35(27,28)29/h4-9,15,17-19,24-25H,3,10-12H2,1-2H3,(H,30,31)(H2,27,28,29)/t15-,17-,18-,19-/m1/s1. The van der Waals surface area contributed by atoms with Gasteiger partial charge in [0, 0.05) is 19.3 Å². The van der Waals surface area contributed by atoms with Gasteiger partial charge in [0.1, 0.15) is 24.9 Å². The van der Waals surface area contributed by atoms with E-state index >= 15 is 0 Å². The lowest BCUT2D eigenvalue weighted by atomic mass is 10.1. The number of aryl methyl sites for hydroxylation is 1. The molecule has 0 bridgehead atoms. The summed E-state index contributed by atoms with van der Waals surface area (Å²) >= 11 is 0. The van der Waals surface area contributed by atoms with E-state index in [0.29, 0.717) is 0 Å². The third-order valence-electron chi connectivity index (χ3n) is 5.47. The summed E-state index contributed by atoms with van der Waals surface area (Å²) in [6.07, 6.45) is -3.77. The van der Waals surface area contributed by atoms with E-state index in [0.717, 1.165) is 21.1 Å². The van der Waals surface area contributed by atoms with Gasteiger partial charge in [-0.05, 0) is 17.5 Å². The van der Waals surface area contributed by atoms with Gasteiger partial charge >= 0.3 is 20.9 Å². The molecule has 3 rings (SSSR count). The molecule has 0 radical (unpaired) electrons. The molecule has 2 aromatic rings. The fraction of sp³-hybridized carbons (Fsp3) is 0.500. The monoisotopic (exact) mass is 549 g/mol. The van der Waals surface area contributed by atoms with Gasteiger partial charge in [-0.25, -0.2) is 4.79 Å². The van der Waals surface area contributed by atoms with Gasteiger partial charge < -0.3 is 39.0 Å². The highest BCUT2D eigenvalue weighted by atomic mass is 31.2. The first kappa shape index (κ1) is 28.5. The molecule has 14 nitrogen and oxygen atoms in total. The number of nitrogens with zero attached hydrogens (tertiary/aromatic N) is 3. The molecule has 5 atom stereocenters. The summed E-state index contributed by atoms with van der Waals surface area (Å²) in [5.41, 5.74) is 1.59. The van der Waals surface area contributed by atoms with Crippen LogP contribution in [0.4, 0.5) is 0 Å². The average molecular weight is 549 g/mol. The maximum absolute atomic E-state index is 12.8. The van der Waals surface area contributed by atoms with Gasteiger partial charge in [-0.3, -0.25) is 18.3 Å². The molecular formula is C20H29N3O11P2. The normalized spacial score (nSPS) is 24.6. The number of aliphatic hydroxyl groups excluding tert-OH is 2. The molecule has 1 aromatic carbocycles. The maximum atomic E-state index is 12.8. The summed E-state index contributed by atoms with van der Waals surface area (Å²) in [5, 5.41) is 24.6. The highest BCUT2D eigenvalue weighted by Crippen LogP contribution is 2.55.